The van der Waals surface area contributed by atoms with Crippen LogP contribution in [0.3, 0.4) is 0 Å². The van der Waals surface area contributed by atoms with Crippen LogP contribution in [-0.4, -0.2) is 78.9 Å². The molecule has 6 nitrogen and oxygen atoms in total. The van der Waals surface area contributed by atoms with Gasteiger partial charge in [-0.2, -0.15) is 0 Å². The third-order valence-electron chi connectivity index (χ3n) is 6.14. The van der Waals surface area contributed by atoms with Gasteiger partial charge in [-0.3, -0.25) is 19.4 Å². The number of aryl methyl sites for hydroxylation is 1. The summed E-state index contributed by atoms with van der Waals surface area (Å²) in [5.74, 6) is 1.07. The van der Waals surface area contributed by atoms with Gasteiger partial charge in [0.1, 0.15) is 5.82 Å². The second-order valence-electron chi connectivity index (χ2n) is 9.16. The van der Waals surface area contributed by atoms with Crippen LogP contribution in [0, 0.1) is 24.6 Å². The fraction of sp³-hybridized carbons (Fsp3) is 0.652. The molecule has 0 aromatic heterocycles. The summed E-state index contributed by atoms with van der Waals surface area (Å²) in [6.07, 6.45) is 1.20. The Bertz CT molecular complexity index is 739. The van der Waals surface area contributed by atoms with Gasteiger partial charge in [0.2, 0.25) is 11.8 Å². The molecular weight excluding hydrogens is 383 g/mol. The van der Waals surface area contributed by atoms with Crippen LogP contribution in [0.15, 0.2) is 18.2 Å². The highest BCUT2D eigenvalue weighted by molar-refractivity contribution is 5.79. The predicted molar refractivity (Wildman–Crippen MR) is 115 cm³/mol. The van der Waals surface area contributed by atoms with E-state index in [0.717, 1.165) is 44.8 Å². The predicted octanol–water partition coefficient (Wildman–Crippen LogP) is 1.87. The first-order valence-electron chi connectivity index (χ1n) is 11.0. The Morgan fingerprint density at radius 2 is 1.63 bits per heavy atom. The number of piperidine rings is 1. The molecule has 1 N–H and O–H groups in total. The summed E-state index contributed by atoms with van der Waals surface area (Å²) in [5, 5.41) is 2.87. The zero-order valence-electron chi connectivity index (χ0n) is 18.5. The molecule has 166 valence electrons. The highest BCUT2D eigenvalue weighted by Gasteiger charge is 2.27. The number of hydrogen-bond donors (Lipinski definition) is 1. The zero-order valence-corrected chi connectivity index (χ0v) is 18.5. The van der Waals surface area contributed by atoms with Crippen LogP contribution in [0.1, 0.15) is 31.4 Å². The van der Waals surface area contributed by atoms with Gasteiger partial charge in [0.15, 0.2) is 0 Å². The van der Waals surface area contributed by atoms with Gasteiger partial charge < -0.3 is 10.2 Å². The fourth-order valence-corrected chi connectivity index (χ4v) is 4.47. The zero-order chi connectivity index (χ0) is 21.7. The second-order valence-corrected chi connectivity index (χ2v) is 9.16. The molecule has 1 aromatic rings. The smallest absolute Gasteiger partial charge is 0.236 e. The molecule has 0 bridgehead atoms. The van der Waals surface area contributed by atoms with E-state index in [-0.39, 0.29) is 17.6 Å². The molecule has 3 rings (SSSR count). The minimum Gasteiger partial charge on any atom is -0.351 e. The van der Waals surface area contributed by atoms with Crippen molar-refractivity contribution in [3.05, 3.63) is 35.1 Å². The lowest BCUT2D eigenvalue weighted by Crippen LogP contribution is -2.53. The van der Waals surface area contributed by atoms with Crippen LogP contribution >= 0.6 is 0 Å². The van der Waals surface area contributed by atoms with Crippen LogP contribution in [0.2, 0.25) is 0 Å². The largest absolute Gasteiger partial charge is 0.351 e. The van der Waals surface area contributed by atoms with Gasteiger partial charge in [0, 0.05) is 45.8 Å². The lowest BCUT2D eigenvalue weighted by Gasteiger charge is -2.38. The Hall–Kier alpha value is -1.99. The van der Waals surface area contributed by atoms with E-state index in [1.807, 2.05) is 11.0 Å². The molecule has 0 radical (unpaired) electrons. The third-order valence-corrected chi connectivity index (χ3v) is 6.14. The molecular formula is C23H35FN4O2. The average molecular weight is 419 g/mol. The van der Waals surface area contributed by atoms with Crippen molar-refractivity contribution < 1.29 is 14.0 Å². The highest BCUT2D eigenvalue weighted by Crippen LogP contribution is 2.21. The third kappa shape index (κ3) is 6.51. The van der Waals surface area contributed by atoms with Crippen molar-refractivity contribution in [2.75, 3.05) is 52.4 Å². The molecule has 2 aliphatic heterocycles. The summed E-state index contributed by atoms with van der Waals surface area (Å²) in [4.78, 5) is 31.2. The van der Waals surface area contributed by atoms with Gasteiger partial charge >= 0.3 is 0 Å². The van der Waals surface area contributed by atoms with Gasteiger partial charge in [-0.05, 0) is 42.4 Å². The summed E-state index contributed by atoms with van der Waals surface area (Å²) < 4.78 is 13.6. The molecule has 2 atom stereocenters. The first kappa shape index (κ1) is 22.7. The van der Waals surface area contributed by atoms with Gasteiger partial charge in [-0.1, -0.05) is 26.0 Å². The van der Waals surface area contributed by atoms with Crippen LogP contribution in [-0.2, 0) is 16.1 Å². The number of carbonyl (C=O) groups excluding carboxylic acids is 2. The number of likely N-dealkylation sites (tertiary alicyclic amines) is 1. The maximum absolute atomic E-state index is 13.6. The van der Waals surface area contributed by atoms with Crippen LogP contribution in [0.4, 0.5) is 4.39 Å². The van der Waals surface area contributed by atoms with Crippen LogP contribution in [0.25, 0.3) is 0 Å². The van der Waals surface area contributed by atoms with Gasteiger partial charge in [-0.15, -0.1) is 0 Å². The number of carbonyl (C=O) groups is 2. The number of piperazine rings is 1. The topological polar surface area (TPSA) is 55.9 Å². The fourth-order valence-electron chi connectivity index (χ4n) is 4.47. The van der Waals surface area contributed by atoms with E-state index in [9.17, 15) is 14.0 Å². The summed E-state index contributed by atoms with van der Waals surface area (Å²) in [5.41, 5.74) is 1.36. The molecule has 2 saturated heterocycles. The average Bonchev–Trinajstić information content (AvgIpc) is 2.69. The molecule has 0 spiro atoms. The molecule has 2 amide bonds. The summed E-state index contributed by atoms with van der Waals surface area (Å²) in [6.45, 7) is 12.2. The van der Waals surface area contributed by atoms with Crippen molar-refractivity contribution in [2.45, 2.75) is 33.7 Å². The molecule has 0 unspecified atom stereocenters. The molecule has 30 heavy (non-hydrogen) atoms. The highest BCUT2D eigenvalue weighted by atomic mass is 19.1. The molecule has 7 heteroatoms. The number of amides is 2. The number of benzene rings is 1. The Morgan fingerprint density at radius 1 is 1.03 bits per heavy atom. The first-order valence-corrected chi connectivity index (χ1v) is 11.0. The summed E-state index contributed by atoms with van der Waals surface area (Å²) >= 11 is 0. The number of halogens is 1. The molecule has 2 fully saturated rings. The molecule has 0 saturated carbocycles. The van der Waals surface area contributed by atoms with E-state index >= 15 is 0 Å². The van der Waals surface area contributed by atoms with E-state index < -0.39 is 0 Å². The molecule has 2 aliphatic rings. The van der Waals surface area contributed by atoms with Crippen molar-refractivity contribution in [1.82, 2.24) is 20.0 Å². The molecule has 2 heterocycles. The normalized spacial score (nSPS) is 23.4. The van der Waals surface area contributed by atoms with Crippen molar-refractivity contribution in [3.63, 3.8) is 0 Å². The summed E-state index contributed by atoms with van der Waals surface area (Å²) in [6, 6.07) is 5.02. The quantitative estimate of drug-likeness (QED) is 0.766. The molecule has 1 aromatic carbocycles. The first-order chi connectivity index (χ1) is 14.3. The van der Waals surface area contributed by atoms with Crippen LogP contribution in [0.5, 0.6) is 0 Å². The van der Waals surface area contributed by atoms with Crippen molar-refractivity contribution in [2.24, 2.45) is 11.8 Å². The Kier molecular flexibility index (Phi) is 7.83. The monoisotopic (exact) mass is 418 g/mol. The van der Waals surface area contributed by atoms with Crippen molar-refractivity contribution in [1.29, 1.82) is 0 Å². The SMILES string of the molecule is Cc1ccc(CNC(=O)CN2CCN(CC(=O)N3C[C@@H](C)C[C@H](C)C3)CC2)cc1F. The maximum Gasteiger partial charge on any atom is 0.236 e. The number of rotatable bonds is 6. The lowest BCUT2D eigenvalue weighted by molar-refractivity contribution is -0.135. The van der Waals surface area contributed by atoms with E-state index in [1.165, 1.54) is 12.5 Å². The molecule has 0 aliphatic carbocycles. The summed E-state index contributed by atoms with van der Waals surface area (Å²) in [7, 11) is 0. The van der Waals surface area contributed by atoms with Gasteiger partial charge in [-0.25, -0.2) is 4.39 Å². The minimum atomic E-state index is -0.249. The van der Waals surface area contributed by atoms with Crippen molar-refractivity contribution >= 4 is 11.8 Å². The number of hydrogen-bond acceptors (Lipinski definition) is 4. The standard InChI is InChI=1S/C23H35FN4O2/c1-17-10-18(2)14-28(13-17)23(30)16-27-8-6-26(7-9-27)15-22(29)25-12-20-5-4-19(3)21(24)11-20/h4-5,11,17-18H,6-10,12-16H2,1-3H3,(H,25,29)/t17-,18-/m0/s1. The number of nitrogens with zero attached hydrogens (tertiary/aromatic N) is 3. The second kappa shape index (κ2) is 10.4. The Labute approximate surface area is 179 Å². The maximum atomic E-state index is 13.6. The van der Waals surface area contributed by atoms with Gasteiger partial charge in [0.05, 0.1) is 13.1 Å². The Balaban J connectivity index is 1.36. The minimum absolute atomic E-state index is 0.0585. The van der Waals surface area contributed by atoms with Crippen molar-refractivity contribution in [3.8, 4) is 0 Å². The van der Waals surface area contributed by atoms with E-state index in [2.05, 4.69) is 29.0 Å². The van der Waals surface area contributed by atoms with E-state index in [1.54, 1.807) is 13.0 Å². The Morgan fingerprint density at radius 3 is 2.23 bits per heavy atom. The van der Waals surface area contributed by atoms with E-state index in [4.69, 9.17) is 0 Å². The van der Waals surface area contributed by atoms with E-state index in [0.29, 0.717) is 37.0 Å². The lowest BCUT2D eigenvalue weighted by atomic mass is 9.92. The number of nitrogens with one attached hydrogen (secondary N) is 1. The van der Waals surface area contributed by atoms with Crippen LogP contribution < -0.4 is 5.32 Å². The van der Waals surface area contributed by atoms with Gasteiger partial charge in [0.25, 0.3) is 0 Å².